The van der Waals surface area contributed by atoms with E-state index in [9.17, 15) is 5.26 Å². The summed E-state index contributed by atoms with van der Waals surface area (Å²) in [6.45, 7) is 3.91. The van der Waals surface area contributed by atoms with Gasteiger partial charge >= 0.3 is 0 Å². The van der Waals surface area contributed by atoms with Gasteiger partial charge in [0.15, 0.2) is 0 Å². The average Bonchev–Trinajstić information content (AvgIpc) is 2.65. The Balaban J connectivity index is 2.13. The van der Waals surface area contributed by atoms with E-state index < -0.39 is 5.41 Å². The summed E-state index contributed by atoms with van der Waals surface area (Å²) in [4.78, 5) is 4.76. The first-order chi connectivity index (χ1) is 9.03. The summed E-state index contributed by atoms with van der Waals surface area (Å²) in [7, 11) is 2.09. The summed E-state index contributed by atoms with van der Waals surface area (Å²) >= 11 is 0. The van der Waals surface area contributed by atoms with Crippen molar-refractivity contribution in [2.75, 3.05) is 0 Å². The minimum absolute atomic E-state index is 0.449. The first-order valence-corrected chi connectivity index (χ1v) is 6.91. The van der Waals surface area contributed by atoms with Crippen LogP contribution in [0.3, 0.4) is 0 Å². The van der Waals surface area contributed by atoms with Gasteiger partial charge in [-0.2, -0.15) is 5.26 Å². The van der Waals surface area contributed by atoms with Crippen LogP contribution < -0.4 is 0 Å². The number of hydrogen-bond acceptors (Lipinski definition) is 2. The molecule has 0 amide bonds. The summed E-state index contributed by atoms with van der Waals surface area (Å²) in [6, 6.07) is 8.56. The molecule has 0 radical (unpaired) electrons. The van der Waals surface area contributed by atoms with E-state index in [1.165, 1.54) is 25.1 Å². The van der Waals surface area contributed by atoms with Crippen molar-refractivity contribution in [2.24, 2.45) is 7.05 Å². The molecule has 1 heterocycles. The number of hydrogen-bond donors (Lipinski definition) is 0. The molecule has 1 aliphatic rings. The lowest BCUT2D eigenvalue weighted by atomic mass is 9.85. The highest BCUT2D eigenvalue weighted by Gasteiger charge is 2.26. The van der Waals surface area contributed by atoms with E-state index in [-0.39, 0.29) is 0 Å². The fourth-order valence-corrected chi connectivity index (χ4v) is 2.69. The van der Waals surface area contributed by atoms with E-state index >= 15 is 0 Å². The Kier molecular flexibility index (Phi) is 2.63. The quantitative estimate of drug-likeness (QED) is 0.820. The van der Waals surface area contributed by atoms with Crippen LogP contribution in [0.5, 0.6) is 0 Å². The van der Waals surface area contributed by atoms with Crippen molar-refractivity contribution in [1.82, 2.24) is 9.55 Å². The standard InChI is InChI=1S/C16H19N3/c1-16(2,10-17)12-7-8-13-14(9-12)19(3)15(18-13)11-5-4-6-11/h7-9,11H,4-6H2,1-3H3. The fourth-order valence-electron chi connectivity index (χ4n) is 2.69. The summed E-state index contributed by atoms with van der Waals surface area (Å²) in [5.74, 6) is 1.83. The van der Waals surface area contributed by atoms with Crippen LogP contribution in [0.15, 0.2) is 18.2 Å². The second-order valence-electron chi connectivity index (χ2n) is 6.10. The molecule has 0 bridgehead atoms. The highest BCUT2D eigenvalue weighted by Crippen LogP contribution is 2.37. The lowest BCUT2D eigenvalue weighted by Gasteiger charge is -2.24. The zero-order valence-corrected chi connectivity index (χ0v) is 11.8. The molecule has 98 valence electrons. The maximum atomic E-state index is 9.26. The number of imidazole rings is 1. The molecule has 1 aromatic heterocycles. The van der Waals surface area contributed by atoms with Crippen molar-refractivity contribution in [3.05, 3.63) is 29.6 Å². The average molecular weight is 253 g/mol. The zero-order chi connectivity index (χ0) is 13.6. The summed E-state index contributed by atoms with van der Waals surface area (Å²) in [5.41, 5.74) is 2.80. The molecule has 3 rings (SSSR count). The van der Waals surface area contributed by atoms with E-state index in [4.69, 9.17) is 4.98 Å². The highest BCUT2D eigenvalue weighted by atomic mass is 15.1. The van der Waals surface area contributed by atoms with Gasteiger partial charge in [0.25, 0.3) is 0 Å². The molecule has 1 aliphatic carbocycles. The van der Waals surface area contributed by atoms with E-state index in [0.717, 1.165) is 16.6 Å². The molecular weight excluding hydrogens is 234 g/mol. The summed E-state index contributed by atoms with van der Waals surface area (Å²) < 4.78 is 2.20. The molecule has 1 fully saturated rings. The van der Waals surface area contributed by atoms with Crippen molar-refractivity contribution in [2.45, 2.75) is 44.4 Å². The largest absolute Gasteiger partial charge is 0.331 e. The Hall–Kier alpha value is -1.82. The van der Waals surface area contributed by atoms with Crippen molar-refractivity contribution < 1.29 is 0 Å². The molecule has 1 aromatic carbocycles. The third-order valence-electron chi connectivity index (χ3n) is 4.39. The molecule has 0 unspecified atom stereocenters. The van der Waals surface area contributed by atoms with Crippen LogP contribution in [0.1, 0.15) is 50.4 Å². The van der Waals surface area contributed by atoms with Gasteiger partial charge in [-0.15, -0.1) is 0 Å². The smallest absolute Gasteiger partial charge is 0.112 e. The topological polar surface area (TPSA) is 41.6 Å². The Labute approximate surface area is 113 Å². The van der Waals surface area contributed by atoms with Crippen LogP contribution in [0.25, 0.3) is 11.0 Å². The first kappa shape index (κ1) is 12.2. The van der Waals surface area contributed by atoms with Crippen LogP contribution >= 0.6 is 0 Å². The van der Waals surface area contributed by atoms with Gasteiger partial charge in [0.05, 0.1) is 22.5 Å². The number of benzene rings is 1. The van der Waals surface area contributed by atoms with Crippen molar-refractivity contribution in [3.8, 4) is 6.07 Å². The third kappa shape index (κ3) is 1.83. The highest BCUT2D eigenvalue weighted by molar-refractivity contribution is 5.77. The fraction of sp³-hybridized carbons (Fsp3) is 0.500. The second-order valence-corrected chi connectivity index (χ2v) is 6.10. The monoisotopic (exact) mass is 253 g/mol. The molecule has 19 heavy (non-hydrogen) atoms. The lowest BCUT2D eigenvalue weighted by molar-refractivity contribution is 0.394. The molecule has 3 heteroatoms. The number of nitriles is 1. The predicted octanol–water partition coefficient (Wildman–Crippen LogP) is 3.64. The van der Waals surface area contributed by atoms with E-state index in [1.807, 2.05) is 26.0 Å². The van der Waals surface area contributed by atoms with Crippen molar-refractivity contribution >= 4 is 11.0 Å². The molecule has 3 nitrogen and oxygen atoms in total. The summed E-state index contributed by atoms with van der Waals surface area (Å²) in [5, 5.41) is 9.26. The van der Waals surface area contributed by atoms with Gasteiger partial charge in [0.1, 0.15) is 5.82 Å². The van der Waals surface area contributed by atoms with Crippen LogP contribution in [-0.4, -0.2) is 9.55 Å². The minimum atomic E-state index is -0.449. The number of nitrogens with zero attached hydrogens (tertiary/aromatic N) is 3. The molecule has 0 spiro atoms. The lowest BCUT2D eigenvalue weighted by Crippen LogP contribution is -2.14. The Bertz CT molecular complexity index is 669. The van der Waals surface area contributed by atoms with E-state index in [1.54, 1.807) is 0 Å². The van der Waals surface area contributed by atoms with Gasteiger partial charge in [-0.05, 0) is 44.4 Å². The number of aryl methyl sites for hydroxylation is 1. The van der Waals surface area contributed by atoms with Gasteiger partial charge in [0, 0.05) is 13.0 Å². The van der Waals surface area contributed by atoms with Crippen molar-refractivity contribution in [1.29, 1.82) is 5.26 Å². The van der Waals surface area contributed by atoms with Gasteiger partial charge in [-0.3, -0.25) is 0 Å². The van der Waals surface area contributed by atoms with Crippen LogP contribution in [0, 0.1) is 11.3 Å². The minimum Gasteiger partial charge on any atom is -0.331 e. The van der Waals surface area contributed by atoms with Crippen LogP contribution in [0.2, 0.25) is 0 Å². The maximum absolute atomic E-state index is 9.26. The number of rotatable bonds is 2. The molecule has 0 aliphatic heterocycles. The summed E-state index contributed by atoms with van der Waals surface area (Å²) in [6.07, 6.45) is 3.84. The van der Waals surface area contributed by atoms with Crippen molar-refractivity contribution in [3.63, 3.8) is 0 Å². The van der Waals surface area contributed by atoms with Crippen LogP contribution in [0.4, 0.5) is 0 Å². The van der Waals surface area contributed by atoms with E-state index in [2.05, 4.69) is 23.8 Å². The molecular formula is C16H19N3. The first-order valence-electron chi connectivity index (χ1n) is 6.91. The normalized spacial score (nSPS) is 16.3. The van der Waals surface area contributed by atoms with Gasteiger partial charge in [-0.1, -0.05) is 12.5 Å². The third-order valence-corrected chi connectivity index (χ3v) is 4.39. The Morgan fingerprint density at radius 2 is 2.11 bits per heavy atom. The Morgan fingerprint density at radius 1 is 1.37 bits per heavy atom. The molecule has 0 atom stereocenters. The second kappa shape index (κ2) is 4.09. The zero-order valence-electron chi connectivity index (χ0n) is 11.8. The number of aromatic nitrogens is 2. The molecule has 0 N–H and O–H groups in total. The van der Waals surface area contributed by atoms with Gasteiger partial charge < -0.3 is 4.57 Å². The maximum Gasteiger partial charge on any atom is 0.112 e. The Morgan fingerprint density at radius 3 is 2.68 bits per heavy atom. The molecule has 2 aromatic rings. The number of fused-ring (bicyclic) bond motifs is 1. The van der Waals surface area contributed by atoms with Gasteiger partial charge in [0.2, 0.25) is 0 Å². The molecule has 0 saturated heterocycles. The van der Waals surface area contributed by atoms with Gasteiger partial charge in [-0.25, -0.2) is 4.98 Å². The van der Waals surface area contributed by atoms with E-state index in [0.29, 0.717) is 5.92 Å². The predicted molar refractivity (Wildman–Crippen MR) is 75.9 cm³/mol. The SMILES string of the molecule is Cn1c(C2CCC2)nc2ccc(C(C)(C)C#N)cc21. The molecule has 1 saturated carbocycles. The van der Waals surface area contributed by atoms with Crippen LogP contribution in [-0.2, 0) is 12.5 Å².